The first-order valence-corrected chi connectivity index (χ1v) is 8.29. The van der Waals surface area contributed by atoms with Crippen molar-refractivity contribution in [2.75, 3.05) is 25.0 Å². The standard InChI is InChI=1S/C17H19ClFN3O/c18-13-6-8-21-17-12(13)4-5-14(16(17)19)20-9-7-15(23)22-10-2-1-3-11-22/h4-6,8,20H,1-3,7,9-11H2. The molecule has 3 rings (SSSR count). The Labute approximate surface area is 139 Å². The summed E-state index contributed by atoms with van der Waals surface area (Å²) in [7, 11) is 0. The van der Waals surface area contributed by atoms with E-state index in [2.05, 4.69) is 10.3 Å². The molecule has 4 nitrogen and oxygen atoms in total. The van der Waals surface area contributed by atoms with Crippen molar-refractivity contribution in [3.8, 4) is 0 Å². The Morgan fingerprint density at radius 2 is 2.04 bits per heavy atom. The zero-order valence-corrected chi connectivity index (χ0v) is 13.6. The van der Waals surface area contributed by atoms with Crippen LogP contribution in [0.15, 0.2) is 24.4 Å². The molecule has 0 atom stereocenters. The number of pyridine rings is 1. The van der Waals surface area contributed by atoms with Crippen molar-refractivity contribution in [2.45, 2.75) is 25.7 Å². The number of rotatable bonds is 4. The zero-order chi connectivity index (χ0) is 16.2. The highest BCUT2D eigenvalue weighted by Gasteiger charge is 2.16. The lowest BCUT2D eigenvalue weighted by Crippen LogP contribution is -2.36. The molecule has 0 aliphatic carbocycles. The smallest absolute Gasteiger partial charge is 0.224 e. The van der Waals surface area contributed by atoms with Crippen LogP contribution in [0.3, 0.4) is 0 Å². The van der Waals surface area contributed by atoms with Gasteiger partial charge in [0.1, 0.15) is 5.52 Å². The lowest BCUT2D eigenvalue weighted by atomic mass is 10.1. The topological polar surface area (TPSA) is 45.2 Å². The number of fused-ring (bicyclic) bond motifs is 1. The highest BCUT2D eigenvalue weighted by molar-refractivity contribution is 6.35. The van der Waals surface area contributed by atoms with E-state index in [4.69, 9.17) is 11.6 Å². The predicted molar refractivity (Wildman–Crippen MR) is 90.2 cm³/mol. The van der Waals surface area contributed by atoms with E-state index in [9.17, 15) is 9.18 Å². The maximum atomic E-state index is 14.4. The summed E-state index contributed by atoms with van der Waals surface area (Å²) in [6.45, 7) is 2.08. The van der Waals surface area contributed by atoms with Gasteiger partial charge in [-0.1, -0.05) is 11.6 Å². The Morgan fingerprint density at radius 3 is 2.83 bits per heavy atom. The first-order chi connectivity index (χ1) is 11.2. The van der Waals surface area contributed by atoms with E-state index in [1.165, 1.54) is 12.6 Å². The van der Waals surface area contributed by atoms with Gasteiger partial charge in [-0.2, -0.15) is 0 Å². The molecule has 0 bridgehead atoms. The van der Waals surface area contributed by atoms with Gasteiger partial charge in [0.2, 0.25) is 5.91 Å². The van der Waals surface area contributed by atoms with E-state index < -0.39 is 5.82 Å². The normalized spacial score (nSPS) is 15.0. The number of nitrogens with zero attached hydrogens (tertiary/aromatic N) is 2. The molecule has 6 heteroatoms. The average molecular weight is 336 g/mol. The number of amides is 1. The predicted octanol–water partition coefficient (Wildman–Crippen LogP) is 3.84. The molecular weight excluding hydrogens is 317 g/mol. The molecule has 122 valence electrons. The fourth-order valence-corrected chi connectivity index (χ4v) is 3.10. The average Bonchev–Trinajstić information content (AvgIpc) is 2.58. The van der Waals surface area contributed by atoms with Crippen LogP contribution in [0.1, 0.15) is 25.7 Å². The Bertz CT molecular complexity index is 716. The second-order valence-electron chi connectivity index (χ2n) is 5.73. The first-order valence-electron chi connectivity index (χ1n) is 7.91. The highest BCUT2D eigenvalue weighted by atomic mass is 35.5. The molecule has 23 heavy (non-hydrogen) atoms. The van der Waals surface area contributed by atoms with Crippen LogP contribution in [0, 0.1) is 5.82 Å². The molecular formula is C17H19ClFN3O. The Hall–Kier alpha value is -1.88. The number of halogens is 2. The van der Waals surface area contributed by atoms with Gasteiger partial charge in [-0.3, -0.25) is 9.78 Å². The molecule has 0 saturated carbocycles. The van der Waals surface area contributed by atoms with Crippen LogP contribution >= 0.6 is 11.6 Å². The van der Waals surface area contributed by atoms with Crippen molar-refractivity contribution in [3.05, 3.63) is 35.2 Å². The van der Waals surface area contributed by atoms with Crippen LogP contribution in [0.5, 0.6) is 0 Å². The van der Waals surface area contributed by atoms with Crippen LogP contribution < -0.4 is 5.32 Å². The molecule has 0 radical (unpaired) electrons. The molecule has 0 unspecified atom stereocenters. The van der Waals surface area contributed by atoms with Crippen LogP contribution in [-0.2, 0) is 4.79 Å². The third-order valence-electron chi connectivity index (χ3n) is 4.16. The van der Waals surface area contributed by atoms with E-state index in [0.717, 1.165) is 25.9 Å². The van der Waals surface area contributed by atoms with Gasteiger partial charge in [0.05, 0.1) is 10.7 Å². The van der Waals surface area contributed by atoms with E-state index in [1.54, 1.807) is 18.2 Å². The lowest BCUT2D eigenvalue weighted by molar-refractivity contribution is -0.131. The summed E-state index contributed by atoms with van der Waals surface area (Å²) in [5.41, 5.74) is 0.587. The molecule has 1 aliphatic rings. The summed E-state index contributed by atoms with van der Waals surface area (Å²) in [5.74, 6) is -0.310. The fourth-order valence-electron chi connectivity index (χ4n) is 2.89. The van der Waals surface area contributed by atoms with Gasteiger partial charge >= 0.3 is 0 Å². The van der Waals surface area contributed by atoms with Crippen LogP contribution in [0.4, 0.5) is 10.1 Å². The van der Waals surface area contributed by atoms with E-state index in [0.29, 0.717) is 29.1 Å². The van der Waals surface area contributed by atoms with Gasteiger partial charge in [-0.25, -0.2) is 4.39 Å². The Kier molecular flexibility index (Phi) is 4.96. The minimum Gasteiger partial charge on any atom is -0.382 e. The molecule has 1 aromatic carbocycles. The maximum absolute atomic E-state index is 14.4. The maximum Gasteiger partial charge on any atom is 0.224 e. The quantitative estimate of drug-likeness (QED) is 0.923. The Balaban J connectivity index is 1.63. The van der Waals surface area contributed by atoms with Gasteiger partial charge in [-0.05, 0) is 37.5 Å². The largest absolute Gasteiger partial charge is 0.382 e. The van der Waals surface area contributed by atoms with Crippen molar-refractivity contribution < 1.29 is 9.18 Å². The number of aromatic nitrogens is 1. The Morgan fingerprint density at radius 1 is 1.26 bits per heavy atom. The number of hydrogen-bond donors (Lipinski definition) is 1. The molecule has 0 spiro atoms. The SMILES string of the molecule is O=C(CCNc1ccc2c(Cl)ccnc2c1F)N1CCCCC1. The summed E-state index contributed by atoms with van der Waals surface area (Å²) in [6.07, 6.45) is 5.19. The minimum absolute atomic E-state index is 0.125. The van der Waals surface area contributed by atoms with Crippen molar-refractivity contribution in [1.29, 1.82) is 0 Å². The second-order valence-corrected chi connectivity index (χ2v) is 6.14. The van der Waals surface area contributed by atoms with Crippen molar-refractivity contribution >= 4 is 34.1 Å². The van der Waals surface area contributed by atoms with Gasteiger partial charge < -0.3 is 10.2 Å². The van der Waals surface area contributed by atoms with Gasteiger partial charge in [0, 0.05) is 37.6 Å². The molecule has 1 fully saturated rings. The number of nitrogens with one attached hydrogen (secondary N) is 1. The third kappa shape index (κ3) is 3.55. The summed E-state index contributed by atoms with van der Waals surface area (Å²) >= 11 is 6.04. The minimum atomic E-state index is -0.435. The van der Waals surface area contributed by atoms with E-state index >= 15 is 0 Å². The molecule has 2 aromatic rings. The van der Waals surface area contributed by atoms with Crippen molar-refractivity contribution in [2.24, 2.45) is 0 Å². The highest BCUT2D eigenvalue weighted by Crippen LogP contribution is 2.27. The molecule has 1 N–H and O–H groups in total. The number of carbonyl (C=O) groups excluding carboxylic acids is 1. The first kappa shape index (κ1) is 16.0. The number of hydrogen-bond acceptors (Lipinski definition) is 3. The summed E-state index contributed by atoms with van der Waals surface area (Å²) in [6, 6.07) is 5.01. The molecule has 2 heterocycles. The summed E-state index contributed by atoms with van der Waals surface area (Å²) in [4.78, 5) is 18.0. The van der Waals surface area contributed by atoms with E-state index in [1.807, 2.05) is 4.90 Å². The van der Waals surface area contributed by atoms with E-state index in [-0.39, 0.29) is 11.4 Å². The van der Waals surface area contributed by atoms with Gasteiger partial charge in [0.15, 0.2) is 5.82 Å². The molecule has 1 aliphatic heterocycles. The fraction of sp³-hybridized carbons (Fsp3) is 0.412. The second kappa shape index (κ2) is 7.13. The monoisotopic (exact) mass is 335 g/mol. The van der Waals surface area contributed by atoms with Crippen molar-refractivity contribution in [1.82, 2.24) is 9.88 Å². The molecule has 1 saturated heterocycles. The third-order valence-corrected chi connectivity index (χ3v) is 4.49. The van der Waals surface area contributed by atoms with Gasteiger partial charge in [-0.15, -0.1) is 0 Å². The summed E-state index contributed by atoms with van der Waals surface area (Å²) < 4.78 is 14.4. The zero-order valence-electron chi connectivity index (χ0n) is 12.8. The number of carbonyl (C=O) groups is 1. The molecule has 1 aromatic heterocycles. The number of anilines is 1. The number of benzene rings is 1. The summed E-state index contributed by atoms with van der Waals surface area (Å²) in [5, 5.41) is 4.05. The van der Waals surface area contributed by atoms with Crippen LogP contribution in [0.25, 0.3) is 10.9 Å². The number of piperidine rings is 1. The van der Waals surface area contributed by atoms with Gasteiger partial charge in [0.25, 0.3) is 0 Å². The number of likely N-dealkylation sites (tertiary alicyclic amines) is 1. The van der Waals surface area contributed by atoms with Crippen LogP contribution in [0.2, 0.25) is 5.02 Å². The lowest BCUT2D eigenvalue weighted by Gasteiger charge is -2.26. The van der Waals surface area contributed by atoms with Crippen molar-refractivity contribution in [3.63, 3.8) is 0 Å². The molecule has 1 amide bonds. The van der Waals surface area contributed by atoms with Crippen LogP contribution in [-0.4, -0.2) is 35.4 Å².